The number of carbonyl (C=O) groups excluding carboxylic acids is 1. The second-order valence-electron chi connectivity index (χ2n) is 14.5. The van der Waals surface area contributed by atoms with Crippen LogP contribution in [0, 0.1) is 24.8 Å². The molecule has 1 aliphatic rings. The van der Waals surface area contributed by atoms with Gasteiger partial charge in [0, 0.05) is 66.2 Å². The van der Waals surface area contributed by atoms with Gasteiger partial charge in [0.05, 0.1) is 13.8 Å². The van der Waals surface area contributed by atoms with E-state index in [1.165, 1.54) is 38.5 Å². The standard InChI is InChI=1S/C28H26NOSi.C13H24O2.Ir/c1-16-15-29-25-19-12-11-17-9-7-8-10-18(17)24(19)28(2,3)20-13-14-21(31(4,5)6)27-22(20)23(25)26(16)30-27;1-5-10(6-2)12(14)9-13(15)11(7-3)8-4;/h7-11,13-15H,1-6H3;9-11,14H,5-8H2,1-4H3;/q-1;;/b;12-9-;. The number of furan rings is 1. The van der Waals surface area contributed by atoms with Gasteiger partial charge in [0.2, 0.25) is 0 Å². The summed E-state index contributed by atoms with van der Waals surface area (Å²) >= 11 is 0. The molecule has 0 saturated carbocycles. The number of aliphatic hydroxyl groups excluding tert-OH is 1. The first-order chi connectivity index (χ1) is 21.8. The molecule has 4 nitrogen and oxygen atoms in total. The number of aromatic nitrogens is 1. The molecule has 1 aliphatic carbocycles. The average Bonchev–Trinajstić information content (AvgIpc) is 3.39. The topological polar surface area (TPSA) is 63.3 Å². The predicted octanol–water partition coefficient (Wildman–Crippen LogP) is 11.0. The first-order valence-corrected chi connectivity index (χ1v) is 20.5. The van der Waals surface area contributed by atoms with Gasteiger partial charge in [-0.05, 0) is 48.8 Å². The van der Waals surface area contributed by atoms with Crippen molar-refractivity contribution in [2.24, 2.45) is 11.8 Å². The van der Waals surface area contributed by atoms with Gasteiger partial charge in [0.15, 0.2) is 5.78 Å². The molecule has 1 N–H and O–H groups in total. The van der Waals surface area contributed by atoms with E-state index in [4.69, 9.17) is 9.40 Å². The van der Waals surface area contributed by atoms with Gasteiger partial charge in [0.25, 0.3) is 0 Å². The number of aliphatic hydroxyl groups is 1. The van der Waals surface area contributed by atoms with E-state index in [9.17, 15) is 9.90 Å². The van der Waals surface area contributed by atoms with Crippen molar-refractivity contribution in [3.05, 3.63) is 83.3 Å². The van der Waals surface area contributed by atoms with Gasteiger partial charge in [-0.1, -0.05) is 108 Å². The molecule has 0 aliphatic heterocycles. The van der Waals surface area contributed by atoms with Crippen molar-refractivity contribution in [3.63, 3.8) is 0 Å². The third-order valence-corrected chi connectivity index (χ3v) is 12.1. The number of benzene rings is 3. The van der Waals surface area contributed by atoms with E-state index in [0.29, 0.717) is 0 Å². The Morgan fingerprint density at radius 2 is 1.60 bits per heavy atom. The van der Waals surface area contributed by atoms with Crippen LogP contribution in [0.3, 0.4) is 0 Å². The molecule has 0 fully saturated rings. The number of rotatable bonds is 8. The van der Waals surface area contributed by atoms with Crippen LogP contribution in [-0.4, -0.2) is 23.9 Å². The van der Waals surface area contributed by atoms with Crippen molar-refractivity contribution in [3.8, 4) is 11.3 Å². The molecule has 6 rings (SSSR count). The molecule has 251 valence electrons. The molecule has 6 heteroatoms. The largest absolute Gasteiger partial charge is 0.512 e. The van der Waals surface area contributed by atoms with E-state index < -0.39 is 8.07 Å². The van der Waals surface area contributed by atoms with Crippen LogP contribution in [0.5, 0.6) is 0 Å². The molecule has 2 aromatic heterocycles. The number of aryl methyl sites for hydroxylation is 1. The van der Waals surface area contributed by atoms with E-state index in [1.807, 2.05) is 33.9 Å². The Morgan fingerprint density at radius 1 is 0.957 bits per heavy atom. The van der Waals surface area contributed by atoms with E-state index in [1.54, 1.807) is 0 Å². The summed E-state index contributed by atoms with van der Waals surface area (Å²) in [6.07, 6.45) is 6.86. The minimum Gasteiger partial charge on any atom is -0.512 e. The van der Waals surface area contributed by atoms with Crippen molar-refractivity contribution in [2.45, 2.75) is 99.2 Å². The van der Waals surface area contributed by atoms with Crippen LogP contribution in [0.1, 0.15) is 83.9 Å². The Bertz CT molecular complexity index is 1960. The van der Waals surface area contributed by atoms with E-state index in [0.717, 1.165) is 59.1 Å². The zero-order valence-corrected chi connectivity index (χ0v) is 33.1. The third kappa shape index (κ3) is 6.54. The van der Waals surface area contributed by atoms with Crippen LogP contribution in [0.15, 0.2) is 64.9 Å². The number of nitrogens with zero attached hydrogens (tertiary/aromatic N) is 1. The van der Waals surface area contributed by atoms with E-state index in [-0.39, 0.29) is 48.9 Å². The molecule has 5 aromatic rings. The quantitative estimate of drug-likeness (QED) is 0.0733. The molecule has 2 heterocycles. The number of hydrogen-bond acceptors (Lipinski definition) is 4. The number of hydrogen-bond donors (Lipinski definition) is 1. The minimum absolute atomic E-state index is 0. The fourth-order valence-electron chi connectivity index (χ4n) is 7.25. The van der Waals surface area contributed by atoms with Crippen molar-refractivity contribution in [1.29, 1.82) is 0 Å². The summed E-state index contributed by atoms with van der Waals surface area (Å²) in [6, 6.07) is 19.1. The molecular weight excluding hydrogens is 775 g/mol. The van der Waals surface area contributed by atoms with Gasteiger partial charge in [-0.25, -0.2) is 0 Å². The third-order valence-electron chi connectivity index (χ3n) is 10.1. The Kier molecular flexibility index (Phi) is 11.1. The second kappa shape index (κ2) is 14.2. The zero-order valence-electron chi connectivity index (χ0n) is 29.7. The summed E-state index contributed by atoms with van der Waals surface area (Å²) in [5.74, 6) is 0.547. The Morgan fingerprint density at radius 3 is 2.21 bits per heavy atom. The smallest absolute Gasteiger partial charge is 0.162 e. The van der Waals surface area contributed by atoms with Gasteiger partial charge < -0.3 is 14.5 Å². The van der Waals surface area contributed by atoms with Crippen molar-refractivity contribution >= 4 is 51.8 Å². The number of ketones is 1. The van der Waals surface area contributed by atoms with Crippen LogP contribution >= 0.6 is 0 Å². The van der Waals surface area contributed by atoms with Crippen LogP contribution < -0.4 is 5.19 Å². The molecule has 0 unspecified atom stereocenters. The Balaban J connectivity index is 0.000000269. The zero-order chi connectivity index (χ0) is 33.6. The van der Waals surface area contributed by atoms with Crippen molar-refractivity contribution in [1.82, 2.24) is 4.98 Å². The Hall–Kier alpha value is -3.05. The molecule has 3 aromatic carbocycles. The first-order valence-electron chi connectivity index (χ1n) is 17.0. The second-order valence-corrected chi connectivity index (χ2v) is 19.5. The minimum atomic E-state index is -1.60. The van der Waals surface area contributed by atoms with Crippen molar-refractivity contribution < 1.29 is 34.4 Å². The predicted molar refractivity (Wildman–Crippen MR) is 197 cm³/mol. The number of carbonyl (C=O) groups is 1. The summed E-state index contributed by atoms with van der Waals surface area (Å²) < 4.78 is 6.67. The van der Waals surface area contributed by atoms with Gasteiger partial charge in [0.1, 0.15) is 11.2 Å². The van der Waals surface area contributed by atoms with Crippen LogP contribution in [0.25, 0.3) is 44.0 Å². The van der Waals surface area contributed by atoms with Gasteiger partial charge in [-0.15, -0.1) is 23.3 Å². The molecule has 0 saturated heterocycles. The fraction of sp³-hybridized carbons (Fsp3) is 0.415. The van der Waals surface area contributed by atoms with E-state index >= 15 is 0 Å². The Labute approximate surface area is 295 Å². The maximum Gasteiger partial charge on any atom is 0.162 e. The average molecular weight is 825 g/mol. The maximum absolute atomic E-state index is 11.7. The molecular formula is C41H50IrNO3Si-. The first kappa shape index (κ1) is 36.8. The fourth-order valence-corrected chi connectivity index (χ4v) is 8.69. The number of allylic oxidation sites excluding steroid dienone is 2. The normalized spacial score (nSPS) is 13.9. The van der Waals surface area contributed by atoms with Crippen LogP contribution in [0.2, 0.25) is 19.6 Å². The summed E-state index contributed by atoms with van der Waals surface area (Å²) in [7, 11) is -1.60. The SMILES string of the molecule is CCC(CC)C(=O)/C=C(\O)C(CC)CC.Cc1cnc2c3c1oc1c([Si](C)(C)C)ccc(c13)C(C)(C)c1c-2[c-]cc2ccccc12.[Ir]. The van der Waals surface area contributed by atoms with Crippen LogP contribution in [0.4, 0.5) is 0 Å². The molecule has 0 atom stereocenters. The van der Waals surface area contributed by atoms with Crippen molar-refractivity contribution in [2.75, 3.05) is 0 Å². The van der Waals surface area contributed by atoms with Gasteiger partial charge in [-0.3, -0.25) is 4.79 Å². The van der Waals surface area contributed by atoms with Gasteiger partial charge >= 0.3 is 0 Å². The summed E-state index contributed by atoms with van der Waals surface area (Å²) in [5.41, 5.74) is 7.63. The molecule has 0 amide bonds. The molecule has 47 heavy (non-hydrogen) atoms. The van der Waals surface area contributed by atoms with Crippen LogP contribution in [-0.2, 0) is 30.3 Å². The summed E-state index contributed by atoms with van der Waals surface area (Å²) in [6.45, 7) is 22.0. The summed E-state index contributed by atoms with van der Waals surface area (Å²) in [5, 5.41) is 16.0. The maximum atomic E-state index is 11.7. The molecule has 1 radical (unpaired) electrons. The van der Waals surface area contributed by atoms with E-state index in [2.05, 4.69) is 88.9 Å². The number of pyridine rings is 1. The molecule has 0 spiro atoms. The monoisotopic (exact) mass is 825 g/mol. The number of fused-ring (bicyclic) bond motifs is 4. The molecule has 0 bridgehead atoms. The van der Waals surface area contributed by atoms with Gasteiger partial charge in [-0.2, -0.15) is 0 Å². The summed E-state index contributed by atoms with van der Waals surface area (Å²) in [4.78, 5) is 16.7.